The van der Waals surface area contributed by atoms with E-state index in [1.54, 1.807) is 72.9 Å². The molecular formula is C31H25ClN4O5. The highest BCUT2D eigenvalue weighted by atomic mass is 35.5. The molecule has 10 heteroatoms. The summed E-state index contributed by atoms with van der Waals surface area (Å²) in [4.78, 5) is 57.6. The molecule has 0 bridgehead atoms. The molecule has 0 fully saturated rings. The van der Waals surface area contributed by atoms with Gasteiger partial charge in [0.2, 0.25) is 5.91 Å². The van der Waals surface area contributed by atoms with Crippen LogP contribution in [0, 0.1) is 0 Å². The summed E-state index contributed by atoms with van der Waals surface area (Å²) in [7, 11) is 1.51. The van der Waals surface area contributed by atoms with Crippen molar-refractivity contribution in [3.05, 3.63) is 118 Å². The monoisotopic (exact) mass is 568 g/mol. The lowest BCUT2D eigenvalue weighted by Gasteiger charge is -2.29. The third-order valence-electron chi connectivity index (χ3n) is 6.87. The minimum atomic E-state index is -1.14. The number of nitrogens with one attached hydrogen (secondary N) is 2. The van der Waals surface area contributed by atoms with Gasteiger partial charge < -0.3 is 20.6 Å². The summed E-state index contributed by atoms with van der Waals surface area (Å²) in [5.41, 5.74) is 3.13. The van der Waals surface area contributed by atoms with E-state index in [2.05, 4.69) is 15.6 Å². The molecule has 5 rings (SSSR count). The van der Waals surface area contributed by atoms with Crippen LogP contribution in [0.15, 0.2) is 85.1 Å². The number of pyridine rings is 1. The first-order valence-electron chi connectivity index (χ1n) is 12.7. The molecule has 1 aliphatic heterocycles. The molecule has 0 aliphatic carbocycles. The van der Waals surface area contributed by atoms with Gasteiger partial charge in [-0.2, -0.15) is 0 Å². The number of benzene rings is 3. The Balaban J connectivity index is 1.58. The van der Waals surface area contributed by atoms with Crippen LogP contribution in [0.25, 0.3) is 11.1 Å². The zero-order valence-electron chi connectivity index (χ0n) is 21.9. The fraction of sp³-hybridized carbons (Fsp3) is 0.129. The highest BCUT2D eigenvalue weighted by molar-refractivity contribution is 6.31. The fourth-order valence-electron chi connectivity index (χ4n) is 4.85. The summed E-state index contributed by atoms with van der Waals surface area (Å²) in [5.74, 6) is -2.23. The van der Waals surface area contributed by atoms with Gasteiger partial charge in [-0.05, 0) is 71.3 Å². The maximum atomic E-state index is 13.9. The summed E-state index contributed by atoms with van der Waals surface area (Å²) in [6, 6.07) is 20.5. The molecule has 3 N–H and O–H groups in total. The number of aromatic nitrogens is 1. The Kier molecular flexibility index (Phi) is 7.80. The number of anilines is 1. The van der Waals surface area contributed by atoms with Crippen LogP contribution in [0.2, 0.25) is 5.02 Å². The zero-order chi connectivity index (χ0) is 29.1. The van der Waals surface area contributed by atoms with E-state index in [1.165, 1.54) is 24.1 Å². The Morgan fingerprint density at radius 2 is 1.83 bits per heavy atom. The van der Waals surface area contributed by atoms with Gasteiger partial charge in [0.25, 0.3) is 11.8 Å². The third-order valence-corrected chi connectivity index (χ3v) is 7.10. The topological polar surface area (TPSA) is 129 Å². The van der Waals surface area contributed by atoms with Crippen molar-refractivity contribution in [2.45, 2.75) is 19.0 Å². The summed E-state index contributed by atoms with van der Waals surface area (Å²) in [5, 5.41) is 15.7. The normalized spacial score (nSPS) is 14.6. The molecule has 2 heterocycles. The number of hydrogen-bond donors (Lipinski definition) is 3. The summed E-state index contributed by atoms with van der Waals surface area (Å²) >= 11 is 6.15. The van der Waals surface area contributed by atoms with Crippen LogP contribution in [-0.4, -0.2) is 51.8 Å². The van der Waals surface area contributed by atoms with Crippen molar-refractivity contribution >= 4 is 41.0 Å². The van der Waals surface area contributed by atoms with Gasteiger partial charge >= 0.3 is 5.97 Å². The van der Waals surface area contributed by atoms with Gasteiger partial charge in [-0.1, -0.05) is 35.9 Å². The Morgan fingerprint density at radius 1 is 1.00 bits per heavy atom. The molecule has 206 valence electrons. The Morgan fingerprint density at radius 3 is 2.56 bits per heavy atom. The van der Waals surface area contributed by atoms with Crippen molar-refractivity contribution in [3.63, 3.8) is 0 Å². The number of carboxylic acid groups (broad SMARTS) is 1. The number of carboxylic acids is 1. The molecule has 41 heavy (non-hydrogen) atoms. The minimum Gasteiger partial charge on any atom is -0.478 e. The molecule has 9 nitrogen and oxygen atoms in total. The largest absolute Gasteiger partial charge is 0.478 e. The smallest absolute Gasteiger partial charge is 0.336 e. The molecule has 1 aromatic heterocycles. The number of nitrogens with zero attached hydrogens (tertiary/aromatic N) is 2. The lowest BCUT2D eigenvalue weighted by Crippen LogP contribution is -2.46. The average Bonchev–Trinajstić information content (AvgIpc) is 3.06. The molecule has 0 saturated heterocycles. The van der Waals surface area contributed by atoms with Gasteiger partial charge in [-0.3, -0.25) is 19.4 Å². The van der Waals surface area contributed by atoms with Crippen LogP contribution in [0.3, 0.4) is 0 Å². The summed E-state index contributed by atoms with van der Waals surface area (Å²) < 4.78 is 0. The molecule has 0 saturated carbocycles. The van der Waals surface area contributed by atoms with Crippen LogP contribution in [0.5, 0.6) is 0 Å². The molecule has 0 radical (unpaired) electrons. The molecule has 1 atom stereocenters. The molecule has 0 spiro atoms. The van der Waals surface area contributed by atoms with E-state index in [1.807, 2.05) is 0 Å². The van der Waals surface area contributed by atoms with Crippen molar-refractivity contribution in [1.82, 2.24) is 15.2 Å². The number of hydrogen-bond acceptors (Lipinski definition) is 5. The van der Waals surface area contributed by atoms with Gasteiger partial charge in [-0.15, -0.1) is 0 Å². The van der Waals surface area contributed by atoms with Crippen molar-refractivity contribution in [2.24, 2.45) is 0 Å². The number of rotatable bonds is 7. The molecular weight excluding hydrogens is 544 g/mol. The maximum absolute atomic E-state index is 13.9. The van der Waals surface area contributed by atoms with Crippen molar-refractivity contribution in [1.29, 1.82) is 0 Å². The van der Waals surface area contributed by atoms with E-state index >= 15 is 0 Å². The fourth-order valence-corrected chi connectivity index (χ4v) is 5.02. The van der Waals surface area contributed by atoms with Gasteiger partial charge in [0.1, 0.15) is 6.04 Å². The first-order chi connectivity index (χ1) is 19.7. The van der Waals surface area contributed by atoms with E-state index < -0.39 is 17.9 Å². The lowest BCUT2D eigenvalue weighted by molar-refractivity contribution is -0.120. The number of carbonyl (C=O) groups is 4. The van der Waals surface area contributed by atoms with E-state index in [0.717, 1.165) is 0 Å². The number of fused-ring (bicyclic) bond motifs is 1. The predicted octanol–water partition coefficient (Wildman–Crippen LogP) is 4.67. The molecule has 3 amide bonds. The lowest BCUT2D eigenvalue weighted by atomic mass is 9.95. The first-order valence-corrected chi connectivity index (χ1v) is 13.1. The summed E-state index contributed by atoms with van der Waals surface area (Å²) in [6.07, 6.45) is 1.78. The van der Waals surface area contributed by atoms with Crippen molar-refractivity contribution in [2.75, 3.05) is 12.4 Å². The van der Waals surface area contributed by atoms with E-state index in [-0.39, 0.29) is 35.9 Å². The molecule has 1 unspecified atom stereocenters. The quantitative estimate of drug-likeness (QED) is 0.297. The van der Waals surface area contributed by atoms with Crippen molar-refractivity contribution in [3.8, 4) is 11.1 Å². The molecule has 4 aromatic rings. The van der Waals surface area contributed by atoms with E-state index in [4.69, 9.17) is 11.6 Å². The minimum absolute atomic E-state index is 0.00779. The average molecular weight is 569 g/mol. The SMILES string of the molecule is CNC(=O)c1cccc(-c2cc(CN3C(=O)c4ccc(Cl)cc4NC(=O)C3Cc3ccccn3)ccc2C(=O)O)c1. The van der Waals surface area contributed by atoms with Crippen LogP contribution >= 0.6 is 11.6 Å². The zero-order valence-corrected chi connectivity index (χ0v) is 22.7. The van der Waals surface area contributed by atoms with Crippen LogP contribution in [0.1, 0.15) is 42.3 Å². The highest BCUT2D eigenvalue weighted by Crippen LogP contribution is 2.31. The highest BCUT2D eigenvalue weighted by Gasteiger charge is 2.36. The number of carbonyl (C=O) groups excluding carboxylic acids is 3. The number of amides is 3. The maximum Gasteiger partial charge on any atom is 0.336 e. The van der Waals surface area contributed by atoms with Gasteiger partial charge in [-0.25, -0.2) is 4.79 Å². The Labute approximate surface area is 240 Å². The van der Waals surface area contributed by atoms with Crippen LogP contribution < -0.4 is 10.6 Å². The van der Waals surface area contributed by atoms with E-state index in [9.17, 15) is 24.3 Å². The second-order valence-electron chi connectivity index (χ2n) is 9.50. The van der Waals surface area contributed by atoms with Gasteiger partial charge in [0, 0.05) is 42.5 Å². The van der Waals surface area contributed by atoms with Crippen molar-refractivity contribution < 1.29 is 24.3 Å². The first kappa shape index (κ1) is 27.5. The number of aromatic carboxylic acids is 1. The molecule has 3 aromatic carbocycles. The van der Waals surface area contributed by atoms with E-state index in [0.29, 0.717) is 38.7 Å². The standard InChI is InChI=1S/C31H25ClN4O5/c1-33-28(37)20-6-4-5-19(14-20)25-13-18(8-10-23(25)31(40)41)17-36-27(16-22-7-2-3-12-34-22)29(38)35-26-15-21(32)9-11-24(26)30(36)39/h2-15,27H,16-17H2,1H3,(H,33,37)(H,35,38)(H,40,41). The van der Waals surface area contributed by atoms with Crippen LogP contribution in [-0.2, 0) is 17.8 Å². The second kappa shape index (κ2) is 11.6. The predicted molar refractivity (Wildman–Crippen MR) is 154 cm³/mol. The number of halogens is 1. The van der Waals surface area contributed by atoms with Gasteiger partial charge in [0.05, 0.1) is 16.8 Å². The second-order valence-corrected chi connectivity index (χ2v) is 9.93. The van der Waals surface area contributed by atoms with Gasteiger partial charge in [0.15, 0.2) is 0 Å². The Bertz CT molecular complexity index is 1670. The third kappa shape index (κ3) is 5.80. The Hall–Kier alpha value is -5.02. The van der Waals surface area contributed by atoms with Crippen LogP contribution in [0.4, 0.5) is 5.69 Å². The summed E-state index contributed by atoms with van der Waals surface area (Å²) in [6.45, 7) is 0.00779. The molecule has 1 aliphatic rings.